The molecule has 1 aliphatic rings. The minimum absolute atomic E-state index is 0.283. The van der Waals surface area contributed by atoms with Crippen molar-refractivity contribution in [3.05, 3.63) is 35.1 Å². The topological polar surface area (TPSA) is 80.0 Å². The molecule has 0 saturated carbocycles. The molecule has 0 radical (unpaired) electrons. The van der Waals surface area contributed by atoms with Crippen LogP contribution in [0.15, 0.2) is 22.6 Å². The Kier molecular flexibility index (Phi) is 4.76. The van der Waals surface area contributed by atoms with Crippen LogP contribution in [-0.4, -0.2) is 41.6 Å². The first-order chi connectivity index (χ1) is 12.3. The monoisotopic (exact) mass is 357 g/mol. The van der Waals surface area contributed by atoms with Crippen molar-refractivity contribution in [2.75, 3.05) is 13.7 Å². The average Bonchev–Trinajstić information content (AvgIpc) is 3.19. The molecule has 2 aromatic rings. The summed E-state index contributed by atoms with van der Waals surface area (Å²) in [5.74, 6) is 0.224. The number of carboxylic acid groups (broad SMARTS) is 1. The molecule has 6 nitrogen and oxygen atoms in total. The SMILES string of the molecule is COc1cc2oc(C)c(C)c2cc1/C(C)=C/C(=O)N1CCCC1C(=O)O. The van der Waals surface area contributed by atoms with Crippen molar-refractivity contribution in [1.29, 1.82) is 0 Å². The molecule has 26 heavy (non-hydrogen) atoms. The first-order valence-corrected chi connectivity index (χ1v) is 8.63. The van der Waals surface area contributed by atoms with Crippen LogP contribution in [0, 0.1) is 13.8 Å². The van der Waals surface area contributed by atoms with Gasteiger partial charge < -0.3 is 19.2 Å². The number of nitrogens with zero attached hydrogens (tertiary/aromatic N) is 1. The Balaban J connectivity index is 1.99. The third kappa shape index (κ3) is 3.07. The van der Waals surface area contributed by atoms with E-state index in [9.17, 15) is 14.7 Å². The van der Waals surface area contributed by atoms with E-state index in [0.717, 1.165) is 33.4 Å². The number of likely N-dealkylation sites (tertiary alicyclic amines) is 1. The highest BCUT2D eigenvalue weighted by Crippen LogP contribution is 2.35. The quantitative estimate of drug-likeness (QED) is 0.847. The molecule has 0 bridgehead atoms. The van der Waals surface area contributed by atoms with E-state index >= 15 is 0 Å². The number of rotatable bonds is 4. The fourth-order valence-corrected chi connectivity index (χ4v) is 3.48. The van der Waals surface area contributed by atoms with Gasteiger partial charge in [-0.25, -0.2) is 4.79 Å². The number of hydrogen-bond acceptors (Lipinski definition) is 4. The number of benzene rings is 1. The second kappa shape index (κ2) is 6.86. The largest absolute Gasteiger partial charge is 0.496 e. The molecule has 1 unspecified atom stereocenters. The first kappa shape index (κ1) is 18.0. The number of fused-ring (bicyclic) bond motifs is 1. The summed E-state index contributed by atoms with van der Waals surface area (Å²) < 4.78 is 11.2. The lowest BCUT2D eigenvalue weighted by molar-refractivity contribution is -0.146. The Labute approximate surface area is 152 Å². The summed E-state index contributed by atoms with van der Waals surface area (Å²) in [6, 6.07) is 3.04. The summed E-state index contributed by atoms with van der Waals surface area (Å²) >= 11 is 0. The maximum absolute atomic E-state index is 12.6. The summed E-state index contributed by atoms with van der Waals surface area (Å²) in [5, 5.41) is 10.2. The molecule has 3 rings (SSSR count). The van der Waals surface area contributed by atoms with Gasteiger partial charge in [0.1, 0.15) is 23.1 Å². The summed E-state index contributed by atoms with van der Waals surface area (Å²) in [5.41, 5.74) is 3.31. The smallest absolute Gasteiger partial charge is 0.326 e. The van der Waals surface area contributed by atoms with Crippen LogP contribution in [-0.2, 0) is 9.59 Å². The van der Waals surface area contributed by atoms with Gasteiger partial charge in [0, 0.05) is 29.6 Å². The van der Waals surface area contributed by atoms with E-state index in [1.807, 2.05) is 32.9 Å². The minimum atomic E-state index is -0.953. The third-order valence-electron chi connectivity index (χ3n) is 5.08. The van der Waals surface area contributed by atoms with Crippen molar-refractivity contribution < 1.29 is 23.8 Å². The van der Waals surface area contributed by atoms with Crippen LogP contribution in [0.4, 0.5) is 0 Å². The maximum Gasteiger partial charge on any atom is 0.326 e. The van der Waals surface area contributed by atoms with E-state index in [-0.39, 0.29) is 5.91 Å². The van der Waals surface area contributed by atoms with E-state index in [1.165, 1.54) is 11.0 Å². The summed E-state index contributed by atoms with van der Waals surface area (Å²) in [6.45, 7) is 6.20. The van der Waals surface area contributed by atoms with Crippen LogP contribution in [0.3, 0.4) is 0 Å². The van der Waals surface area contributed by atoms with Crippen molar-refractivity contribution in [2.24, 2.45) is 0 Å². The van der Waals surface area contributed by atoms with Crippen LogP contribution in [0.1, 0.15) is 36.7 Å². The number of hydrogen-bond donors (Lipinski definition) is 1. The highest BCUT2D eigenvalue weighted by molar-refractivity contribution is 5.99. The van der Waals surface area contributed by atoms with E-state index in [0.29, 0.717) is 25.1 Å². The van der Waals surface area contributed by atoms with Gasteiger partial charge in [0.25, 0.3) is 0 Å². The summed E-state index contributed by atoms with van der Waals surface area (Å²) in [4.78, 5) is 25.3. The number of allylic oxidation sites excluding steroid dienone is 1. The normalized spacial score (nSPS) is 17.8. The van der Waals surface area contributed by atoms with Gasteiger partial charge >= 0.3 is 5.97 Å². The van der Waals surface area contributed by atoms with E-state index in [4.69, 9.17) is 9.15 Å². The summed E-state index contributed by atoms with van der Waals surface area (Å²) in [6.07, 6.45) is 2.70. The Morgan fingerprint density at radius 3 is 2.73 bits per heavy atom. The lowest BCUT2D eigenvalue weighted by atomic mass is 10.0. The highest BCUT2D eigenvalue weighted by Gasteiger charge is 2.33. The van der Waals surface area contributed by atoms with Crippen LogP contribution in [0.25, 0.3) is 16.5 Å². The first-order valence-electron chi connectivity index (χ1n) is 8.63. The Hall–Kier alpha value is -2.76. The van der Waals surface area contributed by atoms with Crippen molar-refractivity contribution in [1.82, 2.24) is 4.90 Å². The minimum Gasteiger partial charge on any atom is -0.496 e. The molecular weight excluding hydrogens is 334 g/mol. The van der Waals surface area contributed by atoms with Crippen LogP contribution in [0.2, 0.25) is 0 Å². The van der Waals surface area contributed by atoms with Crippen molar-refractivity contribution in [3.8, 4) is 5.75 Å². The number of amides is 1. The third-order valence-corrected chi connectivity index (χ3v) is 5.08. The van der Waals surface area contributed by atoms with Crippen molar-refractivity contribution in [3.63, 3.8) is 0 Å². The molecule has 0 aliphatic carbocycles. The number of carbonyl (C=O) groups excluding carboxylic acids is 1. The maximum atomic E-state index is 12.6. The number of aliphatic carboxylic acids is 1. The zero-order valence-corrected chi connectivity index (χ0v) is 15.5. The zero-order chi connectivity index (χ0) is 19.0. The number of furan rings is 1. The molecule has 1 N–H and O–H groups in total. The molecule has 1 aliphatic heterocycles. The van der Waals surface area contributed by atoms with E-state index in [1.54, 1.807) is 7.11 Å². The molecule has 1 fully saturated rings. The number of ether oxygens (including phenoxy) is 1. The van der Waals surface area contributed by atoms with E-state index in [2.05, 4.69) is 0 Å². The van der Waals surface area contributed by atoms with Crippen molar-refractivity contribution >= 4 is 28.4 Å². The van der Waals surface area contributed by atoms with Gasteiger partial charge in [-0.05, 0) is 50.8 Å². The molecule has 1 aromatic carbocycles. The summed E-state index contributed by atoms with van der Waals surface area (Å²) in [7, 11) is 1.57. The highest BCUT2D eigenvalue weighted by atomic mass is 16.5. The molecule has 0 spiro atoms. The lowest BCUT2D eigenvalue weighted by Crippen LogP contribution is -2.39. The predicted molar refractivity (Wildman–Crippen MR) is 98.3 cm³/mol. The van der Waals surface area contributed by atoms with E-state index < -0.39 is 12.0 Å². The number of aryl methyl sites for hydroxylation is 2. The number of carbonyl (C=O) groups is 2. The van der Waals surface area contributed by atoms with Gasteiger partial charge in [-0.15, -0.1) is 0 Å². The fraction of sp³-hybridized carbons (Fsp3) is 0.400. The van der Waals surface area contributed by atoms with Gasteiger partial charge in [0.2, 0.25) is 5.91 Å². The van der Waals surface area contributed by atoms with Crippen molar-refractivity contribution in [2.45, 2.75) is 39.7 Å². The van der Waals surface area contributed by atoms with Crippen LogP contribution >= 0.6 is 0 Å². The predicted octanol–water partition coefficient (Wildman–Crippen LogP) is 3.54. The number of carboxylic acids is 1. The molecule has 2 heterocycles. The van der Waals surface area contributed by atoms with Gasteiger partial charge in [0.15, 0.2) is 0 Å². The van der Waals surface area contributed by atoms with Crippen LogP contribution in [0.5, 0.6) is 5.75 Å². The average molecular weight is 357 g/mol. The van der Waals surface area contributed by atoms with Crippen LogP contribution < -0.4 is 4.74 Å². The van der Waals surface area contributed by atoms with Gasteiger partial charge in [-0.3, -0.25) is 4.79 Å². The van der Waals surface area contributed by atoms with Gasteiger partial charge in [-0.2, -0.15) is 0 Å². The zero-order valence-electron chi connectivity index (χ0n) is 15.5. The molecular formula is C20H23NO5. The standard InChI is InChI=1S/C20H23NO5/c1-11(8-19(22)21-7-5-6-16(21)20(23)24)14-9-15-12(2)13(3)26-18(15)10-17(14)25-4/h8-10,16H,5-7H2,1-4H3,(H,23,24)/b11-8+. The molecule has 1 aromatic heterocycles. The molecule has 6 heteroatoms. The molecule has 1 amide bonds. The second-order valence-corrected chi connectivity index (χ2v) is 6.69. The van der Waals surface area contributed by atoms with Gasteiger partial charge in [0.05, 0.1) is 7.11 Å². The van der Waals surface area contributed by atoms with Gasteiger partial charge in [-0.1, -0.05) is 0 Å². The fourth-order valence-electron chi connectivity index (χ4n) is 3.48. The Morgan fingerprint density at radius 1 is 1.35 bits per heavy atom. The number of methoxy groups -OCH3 is 1. The lowest BCUT2D eigenvalue weighted by Gasteiger charge is -2.20. The molecule has 1 saturated heterocycles. The molecule has 138 valence electrons. The Morgan fingerprint density at radius 2 is 2.08 bits per heavy atom. The molecule has 1 atom stereocenters. The Bertz CT molecular complexity index is 909. The second-order valence-electron chi connectivity index (χ2n) is 6.69.